The molecule has 0 saturated carbocycles. The predicted octanol–water partition coefficient (Wildman–Crippen LogP) is 1.57. The summed E-state index contributed by atoms with van der Waals surface area (Å²) in [6.45, 7) is 4.81. The summed E-state index contributed by atoms with van der Waals surface area (Å²) in [6.07, 6.45) is 0. The highest BCUT2D eigenvalue weighted by Gasteiger charge is 2.16. The summed E-state index contributed by atoms with van der Waals surface area (Å²) >= 11 is 0. The smallest absolute Gasteiger partial charge is 0.339 e. The van der Waals surface area contributed by atoms with E-state index in [4.69, 9.17) is 9.84 Å². The maximum atomic E-state index is 11.2. The molecule has 0 aliphatic heterocycles. The second kappa shape index (κ2) is 4.48. The van der Waals surface area contributed by atoms with Gasteiger partial charge < -0.3 is 14.9 Å². The molecule has 1 rings (SSSR count). The van der Waals surface area contributed by atoms with Crippen LogP contribution in [0.3, 0.4) is 0 Å². The third-order valence-corrected chi connectivity index (χ3v) is 1.78. The third kappa shape index (κ3) is 2.38. The van der Waals surface area contributed by atoms with Gasteiger partial charge in [-0.25, -0.2) is 9.59 Å². The fraction of sp³-hybridized carbons (Fsp3) is 0.0909. The van der Waals surface area contributed by atoms with Crippen LogP contribution in [0.2, 0.25) is 0 Å². The molecule has 0 heterocycles. The van der Waals surface area contributed by atoms with Crippen molar-refractivity contribution in [3.63, 3.8) is 0 Å². The molecule has 0 radical (unpaired) electrons. The summed E-state index contributed by atoms with van der Waals surface area (Å²) in [4.78, 5) is 21.8. The Morgan fingerprint density at radius 2 is 2.00 bits per heavy atom. The van der Waals surface area contributed by atoms with E-state index in [-0.39, 0.29) is 16.9 Å². The van der Waals surface area contributed by atoms with Crippen molar-refractivity contribution < 1.29 is 24.5 Å². The Bertz CT molecular complexity index is 461. The van der Waals surface area contributed by atoms with Gasteiger partial charge in [0.25, 0.3) is 0 Å². The van der Waals surface area contributed by atoms with E-state index >= 15 is 0 Å². The maximum absolute atomic E-state index is 11.2. The first-order chi connectivity index (χ1) is 7.43. The van der Waals surface area contributed by atoms with Crippen LogP contribution in [0.4, 0.5) is 0 Å². The molecule has 0 fully saturated rings. The first kappa shape index (κ1) is 11.8. The Labute approximate surface area is 91.6 Å². The number of benzene rings is 1. The number of para-hydroxylation sites is 1. The summed E-state index contributed by atoms with van der Waals surface area (Å²) in [6, 6.07) is 3.86. The molecule has 0 saturated heterocycles. The molecule has 1 aromatic rings. The van der Waals surface area contributed by atoms with E-state index < -0.39 is 17.7 Å². The molecular weight excluding hydrogens is 212 g/mol. The highest BCUT2D eigenvalue weighted by molar-refractivity contribution is 5.93. The molecule has 0 bridgehead atoms. The van der Waals surface area contributed by atoms with Crippen LogP contribution in [0.5, 0.6) is 11.5 Å². The molecular formula is C11H10O5. The monoisotopic (exact) mass is 222 g/mol. The number of carbonyl (C=O) groups is 2. The molecule has 0 atom stereocenters. The largest absolute Gasteiger partial charge is 0.504 e. The quantitative estimate of drug-likeness (QED) is 0.460. The lowest BCUT2D eigenvalue weighted by Crippen LogP contribution is -2.09. The number of hydrogen-bond donors (Lipinski definition) is 2. The number of carbonyl (C=O) groups excluding carboxylic acids is 1. The van der Waals surface area contributed by atoms with Gasteiger partial charge in [-0.3, -0.25) is 0 Å². The fourth-order valence-electron chi connectivity index (χ4n) is 0.964. The number of rotatable bonds is 3. The minimum Gasteiger partial charge on any atom is -0.504 e. The number of ether oxygens (including phenoxy) is 1. The van der Waals surface area contributed by atoms with Gasteiger partial charge in [0, 0.05) is 5.57 Å². The van der Waals surface area contributed by atoms with E-state index in [0.29, 0.717) is 0 Å². The second-order valence-electron chi connectivity index (χ2n) is 3.13. The van der Waals surface area contributed by atoms with Gasteiger partial charge in [0.2, 0.25) is 0 Å². The molecule has 84 valence electrons. The Kier molecular flexibility index (Phi) is 3.30. The first-order valence-corrected chi connectivity index (χ1v) is 4.36. The van der Waals surface area contributed by atoms with Gasteiger partial charge in [-0.2, -0.15) is 0 Å². The zero-order valence-electron chi connectivity index (χ0n) is 8.56. The van der Waals surface area contributed by atoms with Crippen molar-refractivity contribution in [2.75, 3.05) is 0 Å². The number of aromatic carboxylic acids is 1. The van der Waals surface area contributed by atoms with Crippen LogP contribution >= 0.6 is 0 Å². The average Bonchev–Trinajstić information content (AvgIpc) is 2.20. The van der Waals surface area contributed by atoms with Crippen molar-refractivity contribution in [2.45, 2.75) is 6.92 Å². The van der Waals surface area contributed by atoms with E-state index in [1.54, 1.807) is 0 Å². The standard InChI is InChI=1S/C11H10O5/c1-6(2)11(15)16-8-5-3-4-7(9(8)12)10(13)14/h3-5,12H,1H2,2H3,(H,13,14). The van der Waals surface area contributed by atoms with Gasteiger partial charge in [0.15, 0.2) is 11.5 Å². The fourth-order valence-corrected chi connectivity index (χ4v) is 0.964. The number of carboxylic acids is 1. The van der Waals surface area contributed by atoms with Gasteiger partial charge in [0.05, 0.1) is 0 Å². The number of aromatic hydroxyl groups is 1. The van der Waals surface area contributed by atoms with Gasteiger partial charge in [-0.1, -0.05) is 12.6 Å². The van der Waals surface area contributed by atoms with Crippen LogP contribution in [0.25, 0.3) is 0 Å². The predicted molar refractivity (Wildman–Crippen MR) is 55.5 cm³/mol. The molecule has 0 unspecified atom stereocenters. The molecule has 1 aromatic carbocycles. The number of phenols is 1. The van der Waals surface area contributed by atoms with Crippen LogP contribution in [0.15, 0.2) is 30.4 Å². The van der Waals surface area contributed by atoms with Crippen molar-refractivity contribution >= 4 is 11.9 Å². The third-order valence-electron chi connectivity index (χ3n) is 1.78. The van der Waals surface area contributed by atoms with Crippen molar-refractivity contribution in [3.8, 4) is 11.5 Å². The Morgan fingerprint density at radius 1 is 1.38 bits per heavy atom. The zero-order valence-corrected chi connectivity index (χ0v) is 8.56. The highest BCUT2D eigenvalue weighted by Crippen LogP contribution is 2.30. The van der Waals surface area contributed by atoms with E-state index in [1.807, 2.05) is 0 Å². The first-order valence-electron chi connectivity index (χ1n) is 4.36. The minimum atomic E-state index is -1.30. The van der Waals surface area contributed by atoms with Crippen LogP contribution < -0.4 is 4.74 Å². The number of esters is 1. The number of carboxylic acid groups (broad SMARTS) is 1. The molecule has 5 nitrogen and oxygen atoms in total. The van der Waals surface area contributed by atoms with Crippen LogP contribution in [0, 0.1) is 0 Å². The molecule has 0 aliphatic carbocycles. The van der Waals surface area contributed by atoms with Crippen LogP contribution in [-0.4, -0.2) is 22.2 Å². The lowest BCUT2D eigenvalue weighted by molar-refractivity contribution is -0.130. The molecule has 2 N–H and O–H groups in total. The van der Waals surface area contributed by atoms with Crippen LogP contribution in [-0.2, 0) is 4.79 Å². The molecule has 0 spiro atoms. The second-order valence-corrected chi connectivity index (χ2v) is 3.13. The van der Waals surface area contributed by atoms with Gasteiger partial charge >= 0.3 is 11.9 Å². The normalized spacial score (nSPS) is 9.56. The van der Waals surface area contributed by atoms with Gasteiger partial charge in [-0.05, 0) is 19.1 Å². The van der Waals surface area contributed by atoms with Crippen molar-refractivity contribution in [3.05, 3.63) is 35.9 Å². The summed E-state index contributed by atoms with van der Waals surface area (Å²) in [7, 11) is 0. The Balaban J connectivity index is 3.07. The van der Waals surface area contributed by atoms with Crippen LogP contribution in [0.1, 0.15) is 17.3 Å². The van der Waals surface area contributed by atoms with Crippen molar-refractivity contribution in [1.82, 2.24) is 0 Å². The number of hydrogen-bond acceptors (Lipinski definition) is 4. The lowest BCUT2D eigenvalue weighted by atomic mass is 10.2. The van der Waals surface area contributed by atoms with Crippen molar-refractivity contribution in [2.24, 2.45) is 0 Å². The van der Waals surface area contributed by atoms with E-state index in [1.165, 1.54) is 25.1 Å². The lowest BCUT2D eigenvalue weighted by Gasteiger charge is -2.07. The SMILES string of the molecule is C=C(C)C(=O)Oc1cccc(C(=O)O)c1O. The zero-order chi connectivity index (χ0) is 12.3. The Morgan fingerprint density at radius 3 is 2.50 bits per heavy atom. The van der Waals surface area contributed by atoms with E-state index in [0.717, 1.165) is 0 Å². The van der Waals surface area contributed by atoms with Gasteiger partial charge in [0.1, 0.15) is 5.56 Å². The summed E-state index contributed by atoms with van der Waals surface area (Å²) in [5, 5.41) is 18.2. The molecule has 0 amide bonds. The summed E-state index contributed by atoms with van der Waals surface area (Å²) in [5.74, 6) is -2.80. The van der Waals surface area contributed by atoms with Crippen molar-refractivity contribution in [1.29, 1.82) is 0 Å². The van der Waals surface area contributed by atoms with E-state index in [2.05, 4.69) is 6.58 Å². The summed E-state index contributed by atoms with van der Waals surface area (Å²) in [5.41, 5.74) is -0.174. The minimum absolute atomic E-state index is 0.153. The average molecular weight is 222 g/mol. The van der Waals surface area contributed by atoms with Gasteiger partial charge in [-0.15, -0.1) is 0 Å². The van der Waals surface area contributed by atoms with E-state index in [9.17, 15) is 14.7 Å². The molecule has 0 aromatic heterocycles. The summed E-state index contributed by atoms with van der Waals surface area (Å²) < 4.78 is 4.75. The maximum Gasteiger partial charge on any atom is 0.339 e. The topological polar surface area (TPSA) is 83.8 Å². The molecule has 16 heavy (non-hydrogen) atoms. The highest BCUT2D eigenvalue weighted by atomic mass is 16.5. The molecule has 5 heteroatoms. The Hall–Kier alpha value is -2.30. The molecule has 0 aliphatic rings.